The molecule has 0 aromatic rings. The van der Waals surface area contributed by atoms with E-state index in [1.54, 1.807) is 0 Å². The minimum Gasteiger partial charge on any atom is -0.341 e. The fourth-order valence-corrected chi connectivity index (χ4v) is 4.02. The van der Waals surface area contributed by atoms with E-state index in [0.717, 1.165) is 32.0 Å². The summed E-state index contributed by atoms with van der Waals surface area (Å²) in [5, 5.41) is 3.58. The molecule has 0 bridgehead atoms. The van der Waals surface area contributed by atoms with Gasteiger partial charge in [-0.05, 0) is 44.1 Å². The number of carbonyl (C=O) groups is 1. The molecule has 3 rings (SSSR count). The first kappa shape index (κ1) is 12.5. The standard InChI is InChI=1S/C15H26N2O/c18-15(9-12-5-2-1-3-6-12)17-10-13-7-4-8-16-14(13)11-17/h12-14,16H,1-11H2/t13-,14+/m0/s1. The fraction of sp³-hybridized carbons (Fsp3) is 0.933. The van der Waals surface area contributed by atoms with Crippen molar-refractivity contribution in [2.24, 2.45) is 11.8 Å². The summed E-state index contributed by atoms with van der Waals surface area (Å²) in [5.41, 5.74) is 0. The normalized spacial score (nSPS) is 33.4. The minimum absolute atomic E-state index is 0.429. The van der Waals surface area contributed by atoms with E-state index in [-0.39, 0.29) is 0 Å². The van der Waals surface area contributed by atoms with E-state index < -0.39 is 0 Å². The Bertz CT molecular complexity index is 285. The third-order valence-corrected chi connectivity index (χ3v) is 5.14. The van der Waals surface area contributed by atoms with Crippen LogP contribution in [-0.4, -0.2) is 36.5 Å². The van der Waals surface area contributed by atoms with Gasteiger partial charge in [-0.1, -0.05) is 19.3 Å². The molecule has 0 unspecified atom stereocenters. The number of nitrogens with one attached hydrogen (secondary N) is 1. The lowest BCUT2D eigenvalue weighted by Crippen LogP contribution is -2.41. The SMILES string of the molecule is O=C(CC1CCCCC1)N1C[C@@H]2CCCN[C@@H]2C1. The van der Waals surface area contributed by atoms with E-state index in [2.05, 4.69) is 10.2 Å². The number of hydrogen-bond donors (Lipinski definition) is 1. The van der Waals surface area contributed by atoms with Gasteiger partial charge in [0, 0.05) is 25.6 Å². The Hall–Kier alpha value is -0.570. The van der Waals surface area contributed by atoms with E-state index in [1.165, 1.54) is 44.9 Å². The molecule has 3 nitrogen and oxygen atoms in total. The van der Waals surface area contributed by atoms with E-state index in [1.807, 2.05) is 0 Å². The first-order chi connectivity index (χ1) is 8.83. The van der Waals surface area contributed by atoms with Gasteiger partial charge in [0.15, 0.2) is 0 Å². The smallest absolute Gasteiger partial charge is 0.222 e. The molecule has 3 aliphatic rings. The van der Waals surface area contributed by atoms with Crippen LogP contribution in [0.1, 0.15) is 51.4 Å². The van der Waals surface area contributed by atoms with Crippen LogP contribution in [0.4, 0.5) is 0 Å². The average molecular weight is 250 g/mol. The summed E-state index contributed by atoms with van der Waals surface area (Å²) in [6.45, 7) is 3.13. The van der Waals surface area contributed by atoms with Crippen molar-refractivity contribution < 1.29 is 4.79 Å². The summed E-state index contributed by atoms with van der Waals surface area (Å²) in [6.07, 6.45) is 10.0. The van der Waals surface area contributed by atoms with Gasteiger partial charge in [0.1, 0.15) is 0 Å². The van der Waals surface area contributed by atoms with E-state index in [4.69, 9.17) is 0 Å². The quantitative estimate of drug-likeness (QED) is 0.814. The highest BCUT2D eigenvalue weighted by molar-refractivity contribution is 5.76. The number of nitrogens with zero attached hydrogens (tertiary/aromatic N) is 1. The Morgan fingerprint density at radius 3 is 2.67 bits per heavy atom. The summed E-state index contributed by atoms with van der Waals surface area (Å²) >= 11 is 0. The number of amides is 1. The van der Waals surface area contributed by atoms with Gasteiger partial charge in [-0.15, -0.1) is 0 Å². The second-order valence-corrected chi connectivity index (χ2v) is 6.47. The molecule has 0 radical (unpaired) electrons. The van der Waals surface area contributed by atoms with Crippen molar-refractivity contribution in [2.45, 2.75) is 57.4 Å². The van der Waals surface area contributed by atoms with Gasteiger partial charge in [0.05, 0.1) is 0 Å². The minimum atomic E-state index is 0.429. The molecule has 1 saturated carbocycles. The van der Waals surface area contributed by atoms with Gasteiger partial charge < -0.3 is 10.2 Å². The Balaban J connectivity index is 1.50. The molecule has 3 fully saturated rings. The van der Waals surface area contributed by atoms with Crippen LogP contribution in [-0.2, 0) is 4.79 Å². The molecular formula is C15H26N2O. The van der Waals surface area contributed by atoms with Crippen molar-refractivity contribution in [1.29, 1.82) is 0 Å². The fourth-order valence-electron chi connectivity index (χ4n) is 4.02. The van der Waals surface area contributed by atoms with Gasteiger partial charge in [0.2, 0.25) is 5.91 Å². The Labute approximate surface area is 110 Å². The number of likely N-dealkylation sites (tertiary alicyclic amines) is 1. The van der Waals surface area contributed by atoms with Crippen LogP contribution >= 0.6 is 0 Å². The second kappa shape index (κ2) is 5.60. The molecule has 3 heteroatoms. The maximum atomic E-state index is 12.4. The molecule has 0 aromatic heterocycles. The summed E-state index contributed by atoms with van der Waals surface area (Å²) < 4.78 is 0. The Morgan fingerprint density at radius 2 is 1.89 bits per heavy atom. The molecule has 2 aliphatic heterocycles. The molecule has 1 aliphatic carbocycles. The van der Waals surface area contributed by atoms with Gasteiger partial charge in [-0.3, -0.25) is 4.79 Å². The molecule has 2 atom stereocenters. The molecular weight excluding hydrogens is 224 g/mol. The van der Waals surface area contributed by atoms with Crippen LogP contribution in [0.15, 0.2) is 0 Å². The van der Waals surface area contributed by atoms with Crippen molar-refractivity contribution in [1.82, 2.24) is 10.2 Å². The number of hydrogen-bond acceptors (Lipinski definition) is 2. The zero-order valence-corrected chi connectivity index (χ0v) is 11.4. The Kier molecular flexibility index (Phi) is 3.88. The third kappa shape index (κ3) is 2.71. The van der Waals surface area contributed by atoms with Crippen LogP contribution in [0, 0.1) is 11.8 Å². The van der Waals surface area contributed by atoms with Crippen molar-refractivity contribution in [3.05, 3.63) is 0 Å². The number of piperidine rings is 1. The predicted molar refractivity (Wildman–Crippen MR) is 72.3 cm³/mol. The molecule has 0 aromatic carbocycles. The van der Waals surface area contributed by atoms with Gasteiger partial charge in [-0.25, -0.2) is 0 Å². The van der Waals surface area contributed by atoms with Crippen LogP contribution in [0.3, 0.4) is 0 Å². The van der Waals surface area contributed by atoms with Gasteiger partial charge in [-0.2, -0.15) is 0 Å². The molecule has 2 saturated heterocycles. The topological polar surface area (TPSA) is 32.3 Å². The summed E-state index contributed by atoms with van der Waals surface area (Å²) in [6, 6.07) is 0.592. The average Bonchev–Trinajstić information content (AvgIpc) is 2.84. The number of rotatable bonds is 2. The van der Waals surface area contributed by atoms with Gasteiger partial charge >= 0.3 is 0 Å². The van der Waals surface area contributed by atoms with Crippen molar-refractivity contribution in [2.75, 3.05) is 19.6 Å². The molecule has 18 heavy (non-hydrogen) atoms. The van der Waals surface area contributed by atoms with Crippen LogP contribution in [0.2, 0.25) is 0 Å². The number of fused-ring (bicyclic) bond motifs is 1. The molecule has 1 amide bonds. The van der Waals surface area contributed by atoms with Crippen molar-refractivity contribution in [3.8, 4) is 0 Å². The second-order valence-electron chi connectivity index (χ2n) is 6.47. The maximum absolute atomic E-state index is 12.4. The van der Waals surface area contributed by atoms with Crippen molar-refractivity contribution >= 4 is 5.91 Å². The molecule has 1 N–H and O–H groups in total. The molecule has 102 valence electrons. The monoisotopic (exact) mass is 250 g/mol. The largest absolute Gasteiger partial charge is 0.341 e. The third-order valence-electron chi connectivity index (χ3n) is 5.14. The predicted octanol–water partition coefficient (Wildman–Crippen LogP) is 2.17. The lowest BCUT2D eigenvalue weighted by atomic mass is 9.87. The van der Waals surface area contributed by atoms with Gasteiger partial charge in [0.25, 0.3) is 0 Å². The first-order valence-corrected chi connectivity index (χ1v) is 7.84. The summed E-state index contributed by atoms with van der Waals surface area (Å²) in [7, 11) is 0. The highest BCUT2D eigenvalue weighted by Gasteiger charge is 2.36. The lowest BCUT2D eigenvalue weighted by molar-refractivity contribution is -0.131. The lowest BCUT2D eigenvalue weighted by Gasteiger charge is -2.24. The summed E-state index contributed by atoms with van der Waals surface area (Å²) in [5.74, 6) is 1.84. The zero-order chi connectivity index (χ0) is 12.4. The van der Waals surface area contributed by atoms with E-state index in [0.29, 0.717) is 17.9 Å². The van der Waals surface area contributed by atoms with E-state index >= 15 is 0 Å². The van der Waals surface area contributed by atoms with Crippen molar-refractivity contribution in [3.63, 3.8) is 0 Å². The van der Waals surface area contributed by atoms with Crippen LogP contribution in [0.5, 0.6) is 0 Å². The molecule has 2 heterocycles. The zero-order valence-electron chi connectivity index (χ0n) is 11.4. The highest BCUT2D eigenvalue weighted by atomic mass is 16.2. The Morgan fingerprint density at radius 1 is 1.06 bits per heavy atom. The maximum Gasteiger partial charge on any atom is 0.222 e. The van der Waals surface area contributed by atoms with E-state index in [9.17, 15) is 4.79 Å². The summed E-state index contributed by atoms with van der Waals surface area (Å²) in [4.78, 5) is 14.5. The highest BCUT2D eigenvalue weighted by Crippen LogP contribution is 2.29. The van der Waals surface area contributed by atoms with Crippen LogP contribution < -0.4 is 5.32 Å². The first-order valence-electron chi connectivity index (χ1n) is 7.84. The van der Waals surface area contributed by atoms with Crippen LogP contribution in [0.25, 0.3) is 0 Å². The number of carbonyl (C=O) groups excluding carboxylic acids is 1. The molecule has 0 spiro atoms.